The topological polar surface area (TPSA) is 110 Å². The van der Waals surface area contributed by atoms with Gasteiger partial charge >= 0.3 is 5.97 Å². The monoisotopic (exact) mass is 793 g/mol. The molecule has 0 bridgehead atoms. The van der Waals surface area contributed by atoms with E-state index in [4.69, 9.17) is 4.74 Å². The number of hydrogen-bond acceptors (Lipinski definition) is 7. The first kappa shape index (κ1) is 41.9. The molecular weight excluding hydrogens is 721 g/mol. The van der Waals surface area contributed by atoms with Crippen LogP contribution in [0.25, 0.3) is 0 Å². The van der Waals surface area contributed by atoms with Gasteiger partial charge in [0.15, 0.2) is 5.78 Å². The number of nitrogens with one attached hydrogen (secondary N) is 1. The van der Waals surface area contributed by atoms with Crippen LogP contribution in [0.2, 0.25) is 0 Å². The summed E-state index contributed by atoms with van der Waals surface area (Å²) in [5.74, 6) is 1.53. The SMILES string of the molecule is CCOC(=O)C1CC=C(C2=CCC3(C)[C@H]4CC[C@@H]5C6=C(C(C)C)C(=O)C[C@]6(C(=O)NCCN6CCC(S(C)(=O)=O)CC6)CC[C@@]5(C)[C@]4(C)CC[C@H]3C2(C)C)CC1. The number of fused-ring (bicyclic) bond motifs is 7. The van der Waals surface area contributed by atoms with Crippen LogP contribution in [-0.4, -0.2) is 75.3 Å². The molecule has 1 aliphatic heterocycles. The fourth-order valence-electron chi connectivity index (χ4n) is 14.7. The Morgan fingerprint density at radius 2 is 1.64 bits per heavy atom. The summed E-state index contributed by atoms with van der Waals surface area (Å²) in [5, 5.41) is 3.07. The molecule has 7 rings (SSSR count). The lowest BCUT2D eigenvalue weighted by Crippen LogP contribution is -2.64. The Bertz CT molecular complexity index is 1820. The van der Waals surface area contributed by atoms with E-state index in [-0.39, 0.29) is 62.3 Å². The van der Waals surface area contributed by atoms with Crippen molar-refractivity contribution in [2.75, 3.05) is 39.0 Å². The van der Waals surface area contributed by atoms with Crippen molar-refractivity contribution in [3.8, 4) is 0 Å². The molecule has 56 heavy (non-hydrogen) atoms. The maximum atomic E-state index is 14.6. The molecule has 7 aliphatic rings. The van der Waals surface area contributed by atoms with Crippen LogP contribution >= 0.6 is 0 Å². The van der Waals surface area contributed by atoms with E-state index in [0.717, 1.165) is 70.0 Å². The molecule has 1 heterocycles. The molecule has 6 aliphatic carbocycles. The van der Waals surface area contributed by atoms with Gasteiger partial charge in [0, 0.05) is 25.8 Å². The predicted octanol–water partition coefficient (Wildman–Crippen LogP) is 8.42. The van der Waals surface area contributed by atoms with Gasteiger partial charge in [-0.05, 0) is 165 Å². The second-order valence-corrected chi connectivity index (χ2v) is 23.2. The smallest absolute Gasteiger partial charge is 0.309 e. The van der Waals surface area contributed by atoms with Gasteiger partial charge < -0.3 is 15.0 Å². The second-order valence-electron chi connectivity index (χ2n) is 20.9. The van der Waals surface area contributed by atoms with E-state index in [0.29, 0.717) is 50.8 Å². The molecule has 8 atom stereocenters. The van der Waals surface area contributed by atoms with Crippen LogP contribution in [0.4, 0.5) is 0 Å². The zero-order valence-electron chi connectivity index (χ0n) is 36.2. The number of rotatable bonds is 9. The predicted molar refractivity (Wildman–Crippen MR) is 222 cm³/mol. The fourth-order valence-corrected chi connectivity index (χ4v) is 15.7. The molecule has 1 saturated heterocycles. The molecule has 3 saturated carbocycles. The highest BCUT2D eigenvalue weighted by Gasteiger charge is 2.70. The normalized spacial score (nSPS) is 38.9. The Morgan fingerprint density at radius 3 is 2.27 bits per heavy atom. The number of ether oxygens (including phenoxy) is 1. The van der Waals surface area contributed by atoms with E-state index in [1.807, 2.05) is 6.92 Å². The molecule has 9 heteroatoms. The van der Waals surface area contributed by atoms with Crippen LogP contribution in [-0.2, 0) is 29.0 Å². The van der Waals surface area contributed by atoms with Crippen LogP contribution in [0, 0.1) is 56.7 Å². The van der Waals surface area contributed by atoms with Crippen molar-refractivity contribution in [2.24, 2.45) is 56.7 Å². The Morgan fingerprint density at radius 1 is 0.929 bits per heavy atom. The summed E-state index contributed by atoms with van der Waals surface area (Å²) in [6.07, 6.45) is 17.7. The van der Waals surface area contributed by atoms with Gasteiger partial charge in [-0.3, -0.25) is 14.4 Å². The lowest BCUT2D eigenvalue weighted by molar-refractivity contribution is -0.199. The lowest BCUT2D eigenvalue weighted by Gasteiger charge is -2.71. The Kier molecular flexibility index (Phi) is 11.1. The second kappa shape index (κ2) is 14.8. The molecule has 0 aromatic carbocycles. The van der Waals surface area contributed by atoms with Gasteiger partial charge in [-0.25, -0.2) is 8.42 Å². The third-order valence-electron chi connectivity index (χ3n) is 17.7. The fraction of sp³-hybridized carbons (Fsp3) is 0.809. The summed E-state index contributed by atoms with van der Waals surface area (Å²) >= 11 is 0. The van der Waals surface area contributed by atoms with E-state index in [9.17, 15) is 22.8 Å². The minimum atomic E-state index is -3.03. The van der Waals surface area contributed by atoms with Gasteiger partial charge in [0.25, 0.3) is 0 Å². The van der Waals surface area contributed by atoms with Gasteiger partial charge in [0.1, 0.15) is 9.84 Å². The van der Waals surface area contributed by atoms with E-state index < -0.39 is 15.3 Å². The van der Waals surface area contributed by atoms with Crippen molar-refractivity contribution in [3.63, 3.8) is 0 Å². The number of carbonyl (C=O) groups excluding carboxylic acids is 3. The van der Waals surface area contributed by atoms with E-state index in [2.05, 4.69) is 70.8 Å². The first-order chi connectivity index (χ1) is 26.2. The summed E-state index contributed by atoms with van der Waals surface area (Å²) < 4.78 is 29.5. The average molecular weight is 793 g/mol. The standard InChI is InChI=1S/C47H72N2O6S/c1-10-55-41(51)32-13-11-31(12-14-32)34-17-21-44(6)37(43(34,4)5)18-22-46(8)38(44)16-15-35-40-39(30(2)3)36(50)29-47(40,24-23-45(35,46)7)42(52)48-25-28-49-26-19-33(20-27-49)56(9,53)54/h11,17,30,32-33,35,37-38H,10,12-16,18-29H2,1-9H3,(H,48,52)/t32?,35-,37+,38-,44?,45-,46-,47-/m1/s1. The largest absolute Gasteiger partial charge is 0.466 e. The summed E-state index contributed by atoms with van der Waals surface area (Å²) in [4.78, 5) is 43.5. The van der Waals surface area contributed by atoms with E-state index in [1.165, 1.54) is 35.8 Å². The average Bonchev–Trinajstić information content (AvgIpc) is 3.45. The van der Waals surface area contributed by atoms with Crippen molar-refractivity contribution >= 4 is 27.5 Å². The van der Waals surface area contributed by atoms with Crippen molar-refractivity contribution < 1.29 is 27.5 Å². The van der Waals surface area contributed by atoms with Gasteiger partial charge in [-0.2, -0.15) is 0 Å². The quantitative estimate of drug-likeness (QED) is 0.234. The van der Waals surface area contributed by atoms with Crippen LogP contribution < -0.4 is 5.32 Å². The Labute approximate surface area is 338 Å². The number of carbonyl (C=O) groups is 3. The van der Waals surface area contributed by atoms with Gasteiger partial charge in [-0.1, -0.05) is 60.6 Å². The molecule has 2 unspecified atom stereocenters. The number of esters is 1. The van der Waals surface area contributed by atoms with Gasteiger partial charge in [0.2, 0.25) is 5.91 Å². The molecule has 8 nitrogen and oxygen atoms in total. The number of Topliss-reactive ketones (excluding diaryl/α,β-unsaturated/α-hetero) is 1. The highest BCUT2D eigenvalue weighted by molar-refractivity contribution is 7.91. The van der Waals surface area contributed by atoms with Crippen molar-refractivity contribution in [1.29, 1.82) is 0 Å². The molecule has 4 fully saturated rings. The minimum Gasteiger partial charge on any atom is -0.466 e. The molecular formula is C47H72N2O6S. The highest BCUT2D eigenvalue weighted by atomic mass is 32.2. The number of hydrogen-bond donors (Lipinski definition) is 1. The summed E-state index contributed by atoms with van der Waals surface area (Å²) in [6.45, 7) is 22.0. The number of sulfone groups is 1. The molecule has 1 amide bonds. The minimum absolute atomic E-state index is 0.0140. The molecule has 1 N–H and O–H groups in total. The Hall–Kier alpha value is -2.26. The number of allylic oxidation sites excluding steroid dienone is 5. The molecule has 0 aromatic rings. The van der Waals surface area contributed by atoms with Crippen LogP contribution in [0.15, 0.2) is 34.4 Å². The van der Waals surface area contributed by atoms with E-state index in [1.54, 1.807) is 0 Å². The van der Waals surface area contributed by atoms with Crippen LogP contribution in [0.1, 0.15) is 139 Å². The van der Waals surface area contributed by atoms with Gasteiger partial charge in [-0.15, -0.1) is 0 Å². The Balaban J connectivity index is 1.12. The third kappa shape index (κ3) is 6.54. The zero-order chi connectivity index (χ0) is 40.6. The third-order valence-corrected chi connectivity index (χ3v) is 19.4. The summed E-state index contributed by atoms with van der Waals surface area (Å²) in [5.41, 5.74) is 4.58. The van der Waals surface area contributed by atoms with Crippen LogP contribution in [0.3, 0.4) is 0 Å². The summed E-state index contributed by atoms with van der Waals surface area (Å²) in [7, 11) is -3.03. The van der Waals surface area contributed by atoms with Gasteiger partial charge in [0.05, 0.1) is 23.2 Å². The summed E-state index contributed by atoms with van der Waals surface area (Å²) in [6, 6.07) is 0. The lowest BCUT2D eigenvalue weighted by atomic mass is 9.33. The number of likely N-dealkylation sites (tertiary alicyclic amines) is 1. The van der Waals surface area contributed by atoms with Crippen molar-refractivity contribution in [1.82, 2.24) is 10.2 Å². The first-order valence-electron chi connectivity index (χ1n) is 22.3. The molecule has 0 aromatic heterocycles. The molecule has 312 valence electrons. The number of ketones is 1. The first-order valence-corrected chi connectivity index (χ1v) is 24.2. The maximum absolute atomic E-state index is 14.6. The number of piperidine rings is 1. The highest BCUT2D eigenvalue weighted by Crippen LogP contribution is 2.76. The number of amides is 1. The van der Waals surface area contributed by atoms with Crippen molar-refractivity contribution in [3.05, 3.63) is 34.4 Å². The number of nitrogens with zero attached hydrogens (tertiary/aromatic N) is 1. The van der Waals surface area contributed by atoms with Crippen molar-refractivity contribution in [2.45, 2.75) is 144 Å². The molecule has 0 spiro atoms. The zero-order valence-corrected chi connectivity index (χ0v) is 37.0. The molecule has 0 radical (unpaired) electrons. The van der Waals surface area contributed by atoms with Crippen LogP contribution in [0.5, 0.6) is 0 Å². The maximum Gasteiger partial charge on any atom is 0.309 e. The van der Waals surface area contributed by atoms with E-state index >= 15 is 0 Å².